The second kappa shape index (κ2) is 3.61. The number of hydrogen-bond donors (Lipinski definition) is 2. The predicted molar refractivity (Wildman–Crippen MR) is 43.3 cm³/mol. The normalized spacial score (nSPS) is 24.3. The van der Waals surface area contributed by atoms with Gasteiger partial charge in [0.1, 0.15) is 6.04 Å². The predicted octanol–water partition coefficient (Wildman–Crippen LogP) is -1.04. The van der Waals surface area contributed by atoms with Crippen molar-refractivity contribution in [1.29, 1.82) is 0 Å². The van der Waals surface area contributed by atoms with Crippen LogP contribution in [0.5, 0.6) is 0 Å². The Bertz CT molecular complexity index is 183. The number of hydrogen-bond acceptors (Lipinski definition) is 3. The molecule has 0 aromatic rings. The molecule has 0 bridgehead atoms. The summed E-state index contributed by atoms with van der Waals surface area (Å²) in [6.45, 7) is 0.115. The minimum Gasteiger partial charge on any atom is -0.345 e. The second-order valence-corrected chi connectivity index (χ2v) is 3.20. The molecule has 0 saturated carbocycles. The van der Waals surface area contributed by atoms with Crippen molar-refractivity contribution in [2.24, 2.45) is 0 Å². The first-order chi connectivity index (χ1) is 5.24. The lowest BCUT2D eigenvalue weighted by molar-refractivity contribution is -0.133. The number of rotatable bonds is 2. The lowest BCUT2D eigenvalue weighted by atomic mass is 10.2. The summed E-state index contributed by atoms with van der Waals surface area (Å²) in [5.74, 6) is 0.444. The monoisotopic (exact) mass is 174 g/mol. The van der Waals surface area contributed by atoms with E-state index in [-0.39, 0.29) is 24.4 Å². The lowest BCUT2D eigenvalue weighted by Gasteiger charge is -2.21. The number of thioether (sulfide) groups is 1. The topological polar surface area (TPSA) is 58.2 Å². The van der Waals surface area contributed by atoms with Gasteiger partial charge in [0.05, 0.1) is 6.54 Å². The molecule has 0 aliphatic carbocycles. The maximum absolute atomic E-state index is 11.0. The summed E-state index contributed by atoms with van der Waals surface area (Å²) in [4.78, 5) is 21.7. The van der Waals surface area contributed by atoms with E-state index in [0.717, 1.165) is 0 Å². The van der Waals surface area contributed by atoms with Crippen LogP contribution in [-0.4, -0.2) is 36.4 Å². The zero-order valence-corrected chi connectivity index (χ0v) is 7.03. The smallest absolute Gasteiger partial charge is 0.243 e. The summed E-state index contributed by atoms with van der Waals surface area (Å²) in [5.41, 5.74) is 0. The molecule has 0 aromatic carbocycles. The number of carbonyl (C=O) groups is 2. The molecule has 0 spiro atoms. The van der Waals surface area contributed by atoms with Crippen LogP contribution in [0.15, 0.2) is 0 Å². The van der Waals surface area contributed by atoms with Crippen LogP contribution in [0.3, 0.4) is 0 Å². The van der Waals surface area contributed by atoms with Crippen molar-refractivity contribution in [1.82, 2.24) is 10.6 Å². The SMILES string of the molecule is CSC[C@@H]1NC(=O)CNC1=O. The molecular formula is C6H10N2O2S. The maximum atomic E-state index is 11.0. The van der Waals surface area contributed by atoms with E-state index < -0.39 is 0 Å². The van der Waals surface area contributed by atoms with Gasteiger partial charge in [-0.05, 0) is 6.26 Å². The van der Waals surface area contributed by atoms with Gasteiger partial charge in [0, 0.05) is 5.75 Å². The first-order valence-corrected chi connectivity index (χ1v) is 4.69. The molecule has 0 aromatic heterocycles. The number of nitrogens with one attached hydrogen (secondary N) is 2. The summed E-state index contributed by atoms with van der Waals surface area (Å²) in [5, 5.41) is 5.10. The lowest BCUT2D eigenvalue weighted by Crippen LogP contribution is -2.57. The minimum atomic E-state index is -0.341. The van der Waals surface area contributed by atoms with Gasteiger partial charge in [0.2, 0.25) is 11.8 Å². The molecule has 4 nitrogen and oxygen atoms in total. The minimum absolute atomic E-state index is 0.0843. The molecule has 1 rings (SSSR count). The molecule has 2 amide bonds. The molecule has 2 N–H and O–H groups in total. The molecule has 1 aliphatic rings. The van der Waals surface area contributed by atoms with Crippen LogP contribution in [0.4, 0.5) is 0 Å². The van der Waals surface area contributed by atoms with Crippen LogP contribution in [0.25, 0.3) is 0 Å². The van der Waals surface area contributed by atoms with Crippen LogP contribution in [0, 0.1) is 0 Å². The fourth-order valence-electron chi connectivity index (χ4n) is 0.886. The molecule has 1 aliphatic heterocycles. The molecule has 1 atom stereocenters. The fourth-order valence-corrected chi connectivity index (χ4v) is 1.45. The Kier molecular flexibility index (Phi) is 2.76. The van der Waals surface area contributed by atoms with E-state index in [4.69, 9.17) is 0 Å². The Morgan fingerprint density at radius 3 is 3.00 bits per heavy atom. The molecule has 5 heteroatoms. The second-order valence-electron chi connectivity index (χ2n) is 2.29. The Morgan fingerprint density at radius 1 is 1.64 bits per heavy atom. The average molecular weight is 174 g/mol. The summed E-state index contributed by atoms with van der Waals surface area (Å²) >= 11 is 1.54. The van der Waals surface area contributed by atoms with Gasteiger partial charge in [0.15, 0.2) is 0 Å². The average Bonchev–Trinajstić information content (AvgIpc) is 1.98. The Balaban J connectivity index is 2.47. The molecule has 1 fully saturated rings. The summed E-state index contributed by atoms with van der Waals surface area (Å²) in [6, 6.07) is -0.341. The van der Waals surface area contributed by atoms with Gasteiger partial charge < -0.3 is 10.6 Å². The molecule has 0 radical (unpaired) electrons. The fraction of sp³-hybridized carbons (Fsp3) is 0.667. The Labute approximate surface area is 69.1 Å². The van der Waals surface area contributed by atoms with Gasteiger partial charge in [-0.1, -0.05) is 0 Å². The number of carbonyl (C=O) groups excluding carboxylic acids is 2. The summed E-state index contributed by atoms with van der Waals surface area (Å²) in [7, 11) is 0. The first-order valence-electron chi connectivity index (χ1n) is 3.30. The van der Waals surface area contributed by atoms with Crippen molar-refractivity contribution in [3.8, 4) is 0 Å². The van der Waals surface area contributed by atoms with E-state index in [9.17, 15) is 9.59 Å². The van der Waals surface area contributed by atoms with E-state index >= 15 is 0 Å². The summed E-state index contributed by atoms with van der Waals surface area (Å²) < 4.78 is 0. The number of amides is 2. The van der Waals surface area contributed by atoms with E-state index in [1.807, 2.05) is 6.26 Å². The highest BCUT2D eigenvalue weighted by atomic mass is 32.2. The summed E-state index contributed by atoms with van der Waals surface area (Å²) in [6.07, 6.45) is 1.90. The zero-order valence-electron chi connectivity index (χ0n) is 6.22. The van der Waals surface area contributed by atoms with E-state index in [2.05, 4.69) is 10.6 Å². The largest absolute Gasteiger partial charge is 0.345 e. The maximum Gasteiger partial charge on any atom is 0.243 e. The zero-order chi connectivity index (χ0) is 8.27. The van der Waals surface area contributed by atoms with Crippen molar-refractivity contribution in [2.45, 2.75) is 6.04 Å². The Morgan fingerprint density at radius 2 is 2.36 bits per heavy atom. The van der Waals surface area contributed by atoms with Crippen molar-refractivity contribution < 1.29 is 9.59 Å². The van der Waals surface area contributed by atoms with Crippen molar-refractivity contribution in [3.05, 3.63) is 0 Å². The van der Waals surface area contributed by atoms with E-state index in [1.54, 1.807) is 0 Å². The van der Waals surface area contributed by atoms with Gasteiger partial charge >= 0.3 is 0 Å². The van der Waals surface area contributed by atoms with Gasteiger partial charge in [-0.3, -0.25) is 9.59 Å². The third-order valence-electron chi connectivity index (χ3n) is 1.41. The van der Waals surface area contributed by atoms with Crippen LogP contribution < -0.4 is 10.6 Å². The number of piperazine rings is 1. The van der Waals surface area contributed by atoms with Gasteiger partial charge in [-0.2, -0.15) is 11.8 Å². The molecule has 11 heavy (non-hydrogen) atoms. The van der Waals surface area contributed by atoms with Crippen molar-refractivity contribution >= 4 is 23.6 Å². The highest BCUT2D eigenvalue weighted by Gasteiger charge is 2.24. The van der Waals surface area contributed by atoms with Crippen LogP contribution in [0.2, 0.25) is 0 Å². The van der Waals surface area contributed by atoms with Crippen LogP contribution >= 0.6 is 11.8 Å². The quantitative estimate of drug-likeness (QED) is 0.562. The first kappa shape index (κ1) is 8.39. The molecule has 1 heterocycles. The van der Waals surface area contributed by atoms with Crippen molar-refractivity contribution in [3.63, 3.8) is 0 Å². The molecule has 1 saturated heterocycles. The van der Waals surface area contributed by atoms with Gasteiger partial charge in [-0.15, -0.1) is 0 Å². The van der Waals surface area contributed by atoms with E-state index in [1.165, 1.54) is 11.8 Å². The molecule has 62 valence electrons. The van der Waals surface area contributed by atoms with Crippen molar-refractivity contribution in [2.75, 3.05) is 18.6 Å². The third-order valence-corrected chi connectivity index (χ3v) is 2.07. The highest BCUT2D eigenvalue weighted by Crippen LogP contribution is 1.99. The Hall–Kier alpha value is -0.710. The molecular weight excluding hydrogens is 164 g/mol. The standard InChI is InChI=1S/C6H10N2O2S/c1-11-3-4-6(10)7-2-5(9)8-4/h4H,2-3H2,1H3,(H,7,10)(H,8,9)/t4-/m0/s1. The van der Waals surface area contributed by atoms with Gasteiger partial charge in [0.25, 0.3) is 0 Å². The highest BCUT2D eigenvalue weighted by molar-refractivity contribution is 7.98. The van der Waals surface area contributed by atoms with E-state index in [0.29, 0.717) is 5.75 Å². The third kappa shape index (κ3) is 2.11. The van der Waals surface area contributed by atoms with Crippen LogP contribution in [0.1, 0.15) is 0 Å². The van der Waals surface area contributed by atoms with Gasteiger partial charge in [-0.25, -0.2) is 0 Å². The molecule has 0 unspecified atom stereocenters. The van der Waals surface area contributed by atoms with Crippen LogP contribution in [-0.2, 0) is 9.59 Å².